The molecule has 0 fully saturated rings. The summed E-state index contributed by atoms with van der Waals surface area (Å²) in [5.74, 6) is 0.971. The van der Waals surface area contributed by atoms with E-state index in [0.717, 1.165) is 83.1 Å². The monoisotopic (exact) mass is 924 g/mol. The Morgan fingerprint density at radius 3 is 1.55 bits per heavy atom. The van der Waals surface area contributed by atoms with Crippen LogP contribution in [0.1, 0.15) is 40.9 Å². The van der Waals surface area contributed by atoms with E-state index in [1.165, 1.54) is 53.5 Å². The number of anilines is 5. The lowest BCUT2D eigenvalue weighted by Gasteiger charge is -2.12. The Morgan fingerprint density at radius 2 is 1.11 bits per heavy atom. The predicted octanol–water partition coefficient (Wildman–Crippen LogP) is 6.90. The van der Waals surface area contributed by atoms with Gasteiger partial charge in [0.25, 0.3) is 0 Å². The molecule has 8 N–H and O–H groups in total. The Morgan fingerprint density at radius 1 is 0.667 bits per heavy atom. The van der Waals surface area contributed by atoms with Crippen molar-refractivity contribution in [1.82, 2.24) is 29.1 Å². The van der Waals surface area contributed by atoms with E-state index >= 15 is 0 Å². The number of aliphatic imine (C=N–C) groups is 1. The van der Waals surface area contributed by atoms with Crippen LogP contribution in [0.25, 0.3) is 33.4 Å². The number of nitrogens with zero attached hydrogens (tertiary/aromatic N) is 7. The number of rotatable bonds is 6. The lowest BCUT2D eigenvalue weighted by atomic mass is 10.2. The lowest BCUT2D eigenvalue weighted by molar-refractivity contribution is 0.262. The van der Waals surface area contributed by atoms with Gasteiger partial charge in [-0.1, -0.05) is 17.7 Å². The average Bonchev–Trinajstić information content (AvgIpc) is 4.10. The van der Waals surface area contributed by atoms with E-state index in [1.807, 2.05) is 67.6 Å². The van der Waals surface area contributed by atoms with Gasteiger partial charge >= 0.3 is 17.6 Å². The van der Waals surface area contributed by atoms with E-state index in [4.69, 9.17) is 25.6 Å². The zero-order valence-electron chi connectivity index (χ0n) is 35.8. The molecule has 0 saturated carbocycles. The Kier molecular flexibility index (Phi) is 14.1. The van der Waals surface area contributed by atoms with Crippen LogP contribution in [0.4, 0.5) is 39.2 Å². The Bertz CT molecular complexity index is 3250. The van der Waals surface area contributed by atoms with Gasteiger partial charge in [-0.2, -0.15) is 13.4 Å². The van der Waals surface area contributed by atoms with Crippen LogP contribution >= 0.6 is 0 Å². The first-order valence-corrected chi connectivity index (χ1v) is 23.0. The van der Waals surface area contributed by atoms with Gasteiger partial charge < -0.3 is 37.0 Å². The van der Waals surface area contributed by atoms with Gasteiger partial charge in [0.2, 0.25) is 6.08 Å². The van der Waals surface area contributed by atoms with Crippen molar-refractivity contribution >= 4 is 90.0 Å². The number of nitrogens with two attached hydrogens (primary N) is 3. The number of fused-ring (bicyclic) bond motifs is 6. The maximum Gasteiger partial charge on any atom is 0.335 e. The van der Waals surface area contributed by atoms with Crippen molar-refractivity contribution in [2.24, 2.45) is 4.99 Å². The smallest absolute Gasteiger partial charge is 0.335 e. The van der Waals surface area contributed by atoms with Gasteiger partial charge in [0.1, 0.15) is 23.7 Å². The van der Waals surface area contributed by atoms with Crippen LogP contribution in [0.2, 0.25) is 0 Å². The maximum atomic E-state index is 12.4. The summed E-state index contributed by atoms with van der Waals surface area (Å²) in [7, 11) is -3.29. The first-order valence-electron chi connectivity index (χ1n) is 20.5. The van der Waals surface area contributed by atoms with Crippen molar-refractivity contribution in [3.63, 3.8) is 0 Å². The first-order chi connectivity index (χ1) is 31.8. The summed E-state index contributed by atoms with van der Waals surface area (Å²) < 4.78 is 44.0. The zero-order chi connectivity index (χ0) is 47.0. The molecule has 0 spiro atoms. The van der Waals surface area contributed by atoms with E-state index in [9.17, 15) is 18.0 Å². The third kappa shape index (κ3) is 10.2. The van der Waals surface area contributed by atoms with Crippen molar-refractivity contribution in [2.45, 2.75) is 50.3 Å². The number of aromatic nitrogens is 6. The number of sulfone groups is 1. The molecule has 0 radical (unpaired) electrons. The summed E-state index contributed by atoms with van der Waals surface area (Å²) in [5, 5.41) is 5.48. The molecule has 0 unspecified atom stereocenters. The highest BCUT2D eigenvalue weighted by molar-refractivity contribution is 7.90. The van der Waals surface area contributed by atoms with E-state index in [2.05, 4.69) is 44.7 Å². The zero-order valence-corrected chi connectivity index (χ0v) is 37.4. The number of aryl methyl sites for hydroxylation is 3. The van der Waals surface area contributed by atoms with Crippen molar-refractivity contribution < 1.29 is 26.4 Å². The van der Waals surface area contributed by atoms with Crippen LogP contribution in [0.15, 0.2) is 120 Å². The summed E-state index contributed by atoms with van der Waals surface area (Å²) in [4.78, 5) is 43.0. The van der Waals surface area contributed by atoms with Crippen molar-refractivity contribution in [2.75, 3.05) is 34.1 Å². The van der Waals surface area contributed by atoms with E-state index in [-0.39, 0.29) is 4.90 Å². The van der Waals surface area contributed by atoms with Gasteiger partial charge in [-0.3, -0.25) is 0 Å². The second kappa shape index (κ2) is 20.2. The second-order valence-electron chi connectivity index (χ2n) is 15.3. The minimum atomic E-state index is -3.29. The molecular formula is C46H44N12O6S2. The molecule has 0 saturated heterocycles. The number of amides is 2. The van der Waals surface area contributed by atoms with E-state index in [1.54, 1.807) is 30.6 Å². The molecule has 8 aromatic rings. The molecule has 2 amide bonds. The van der Waals surface area contributed by atoms with Gasteiger partial charge in [-0.05, 0) is 142 Å². The summed E-state index contributed by atoms with van der Waals surface area (Å²) in [5.41, 5.74) is 32.4. The highest BCUT2D eigenvalue weighted by Crippen LogP contribution is 2.37. The standard InChI is InChI=1S/C23H22N6O3S.C15H15N5.C8H7NO.O2S/c1-33(31,32)17-11-7-15(8-12-17)28-23(30)27-14-5-9-16(10-6-14)29-19-4-2-3-18(19)20-21(29)22(24)26-13-25-20;16-9-4-6-10(7-5-9)20-12-3-1-2-11(12)13-14(20)15(17)19-8-18-13;1-7-2-4-8(5-3-7)9-6-10;1-3-2/h5-13H,2-4H2,1H3,(H2,24,25,26)(H2,27,28,30);4-8H,1-3,16H2,(H2,17,18,19);2-5H,1H3;. The molecule has 336 valence electrons. The van der Waals surface area contributed by atoms with Crippen LogP contribution in [0.5, 0.6) is 0 Å². The molecule has 2 aliphatic rings. The number of carbonyl (C=O) groups is 1. The molecule has 4 heterocycles. The number of nitrogen functional groups attached to an aromatic ring is 3. The Labute approximate surface area is 382 Å². The van der Waals surface area contributed by atoms with E-state index in [0.29, 0.717) is 28.7 Å². The van der Waals surface area contributed by atoms with Gasteiger partial charge in [0.15, 0.2) is 21.5 Å². The Balaban J connectivity index is 0.000000165. The molecule has 0 bridgehead atoms. The number of nitrogens with one attached hydrogen (secondary N) is 2. The molecule has 0 aliphatic heterocycles. The van der Waals surface area contributed by atoms with Crippen molar-refractivity contribution in [3.05, 3.63) is 138 Å². The summed E-state index contributed by atoms with van der Waals surface area (Å²) >= 11 is -0.750. The molecular weight excluding hydrogens is 881 g/mol. The summed E-state index contributed by atoms with van der Waals surface area (Å²) in [6, 6.07) is 28.2. The third-order valence-electron chi connectivity index (χ3n) is 10.9. The highest BCUT2D eigenvalue weighted by atomic mass is 32.2. The van der Waals surface area contributed by atoms with Crippen LogP contribution in [-0.4, -0.2) is 64.3 Å². The highest BCUT2D eigenvalue weighted by Gasteiger charge is 2.26. The maximum absolute atomic E-state index is 12.4. The molecule has 2 aliphatic carbocycles. The summed E-state index contributed by atoms with van der Waals surface area (Å²) in [6.07, 6.45) is 11.9. The quantitative estimate of drug-likeness (QED) is 0.0645. The molecule has 66 heavy (non-hydrogen) atoms. The largest absolute Gasteiger partial charge is 0.399 e. The second-order valence-corrected chi connectivity index (χ2v) is 17.4. The SMILES string of the molecule is CS(=O)(=O)c1ccc(NC(=O)Nc2ccc(-n3c4c(c5ncnc(N)c53)CCC4)cc2)cc1.Cc1ccc(N=C=O)cc1.Nc1ccc(-n2c3c(c4ncnc(N)c42)CCC3)cc1.O=S=O. The number of hydrogen-bond acceptors (Lipinski definition) is 14. The molecule has 20 heteroatoms. The van der Waals surface area contributed by atoms with Crippen LogP contribution in [0.3, 0.4) is 0 Å². The fourth-order valence-electron chi connectivity index (χ4n) is 8.03. The molecule has 18 nitrogen and oxygen atoms in total. The number of isocyanates is 1. The van der Waals surface area contributed by atoms with Crippen molar-refractivity contribution in [1.29, 1.82) is 0 Å². The number of benzene rings is 4. The van der Waals surface area contributed by atoms with Crippen molar-refractivity contribution in [3.8, 4) is 11.4 Å². The average molecular weight is 925 g/mol. The van der Waals surface area contributed by atoms with Gasteiger partial charge in [-0.15, -0.1) is 0 Å². The fourth-order valence-corrected chi connectivity index (χ4v) is 8.67. The van der Waals surface area contributed by atoms with Gasteiger partial charge in [0.05, 0.1) is 21.6 Å². The van der Waals surface area contributed by atoms with Gasteiger partial charge in [0, 0.05) is 46.1 Å². The molecule has 4 aromatic carbocycles. The van der Waals surface area contributed by atoms with Crippen LogP contribution in [0, 0.1) is 6.92 Å². The van der Waals surface area contributed by atoms with E-state index < -0.39 is 27.4 Å². The predicted molar refractivity (Wildman–Crippen MR) is 255 cm³/mol. The van der Waals surface area contributed by atoms with Gasteiger partial charge in [-0.25, -0.2) is 37.9 Å². The summed E-state index contributed by atoms with van der Waals surface area (Å²) in [6.45, 7) is 1.98. The third-order valence-corrected chi connectivity index (χ3v) is 12.0. The molecule has 10 rings (SSSR count). The minimum absolute atomic E-state index is 0.194. The first kappa shape index (κ1) is 45.9. The number of hydrogen-bond donors (Lipinski definition) is 5. The molecule has 4 aromatic heterocycles. The number of carbonyl (C=O) groups excluding carboxylic acids is 2. The Hall–Kier alpha value is -8.06. The normalized spacial score (nSPS) is 12.2. The van der Waals surface area contributed by atoms with Crippen LogP contribution in [-0.2, 0) is 51.9 Å². The minimum Gasteiger partial charge on any atom is -0.399 e. The molecule has 0 atom stereocenters. The van der Waals surface area contributed by atoms with Crippen LogP contribution < -0.4 is 27.8 Å². The lowest BCUT2D eigenvalue weighted by Crippen LogP contribution is -2.19. The topological polar surface area (TPSA) is 278 Å². The number of urea groups is 1. The fraction of sp³-hybridized carbons (Fsp3) is 0.174.